The number of aliphatic hydroxyl groups excluding tert-OH is 2. The number of methoxy groups -OCH3 is 1. The number of hydrogen-bond donors (Lipinski definition) is 3. The van der Waals surface area contributed by atoms with E-state index in [1.165, 1.54) is 58.6 Å². The maximum absolute atomic E-state index is 11.7. The molecule has 2 fully saturated rings. The molecule has 4 aromatic rings. The van der Waals surface area contributed by atoms with Crippen molar-refractivity contribution in [2.24, 2.45) is 11.8 Å². The first-order valence-electron chi connectivity index (χ1n) is 27.9. The smallest absolute Gasteiger partial charge is 0.330 e. The maximum atomic E-state index is 11.7. The Morgan fingerprint density at radius 2 is 0.904 bits per heavy atom. The molecule has 2 aliphatic rings. The molecule has 0 spiro atoms. The molecule has 0 radical (unpaired) electrons. The third-order valence-corrected chi connectivity index (χ3v) is 10.7. The van der Waals surface area contributed by atoms with Crippen LogP contribution in [0.15, 0.2) is 109 Å². The Kier molecular flexibility index (Phi) is 59.9. The van der Waals surface area contributed by atoms with Gasteiger partial charge in [0.25, 0.3) is 0 Å². The lowest BCUT2D eigenvalue weighted by molar-refractivity contribution is -0.134. The molecule has 3 N–H and O–H groups in total. The Morgan fingerprint density at radius 1 is 0.548 bits per heavy atom. The predicted molar refractivity (Wildman–Crippen MR) is 323 cm³/mol. The number of carbonyl (C=O) groups excluding carboxylic acids is 2. The van der Waals surface area contributed by atoms with Gasteiger partial charge in [-0.25, -0.2) is 13.2 Å². The molecule has 9 heteroatoms. The van der Waals surface area contributed by atoms with E-state index in [9.17, 15) is 18.0 Å². The van der Waals surface area contributed by atoms with E-state index in [0.717, 1.165) is 43.9 Å². The van der Waals surface area contributed by atoms with Crippen LogP contribution in [0.5, 0.6) is 0 Å². The molecule has 1 amide bonds. The van der Waals surface area contributed by atoms with Gasteiger partial charge < -0.3 is 14.9 Å². The minimum atomic E-state index is -3.45. The summed E-state index contributed by atoms with van der Waals surface area (Å²) in [5.74, 6) is 0.438. The van der Waals surface area contributed by atoms with Crippen molar-refractivity contribution in [3.05, 3.63) is 154 Å². The van der Waals surface area contributed by atoms with Crippen molar-refractivity contribution >= 4 is 34.1 Å². The van der Waals surface area contributed by atoms with Crippen LogP contribution in [0.1, 0.15) is 208 Å². The van der Waals surface area contributed by atoms with Crippen LogP contribution in [0, 0.1) is 11.8 Å². The number of aryl methyl sites for hydroxylation is 4. The fourth-order valence-corrected chi connectivity index (χ4v) is 7.31. The maximum Gasteiger partial charge on any atom is 0.330 e. The highest BCUT2D eigenvalue weighted by molar-refractivity contribution is 7.89. The van der Waals surface area contributed by atoms with Gasteiger partial charge in [-0.05, 0) is 107 Å². The van der Waals surface area contributed by atoms with Crippen molar-refractivity contribution in [2.45, 2.75) is 189 Å². The summed E-state index contributed by atoms with van der Waals surface area (Å²) in [5, 5.41) is 17.6. The number of amides is 1. The molecular weight excluding hydrogens is 927 g/mol. The van der Waals surface area contributed by atoms with Crippen LogP contribution in [0.4, 0.5) is 0 Å². The second-order valence-electron chi connectivity index (χ2n) is 14.1. The average Bonchev–Trinajstić information content (AvgIpc) is 4.42. The molecule has 4 unspecified atom stereocenters. The highest BCUT2D eigenvalue weighted by Gasteiger charge is 2.45. The first-order chi connectivity index (χ1) is 35.4. The highest BCUT2D eigenvalue weighted by atomic mass is 32.2. The van der Waals surface area contributed by atoms with Crippen LogP contribution in [0.2, 0.25) is 0 Å². The van der Waals surface area contributed by atoms with Crippen molar-refractivity contribution in [3.8, 4) is 0 Å². The van der Waals surface area contributed by atoms with E-state index in [4.69, 9.17) is 10.2 Å². The summed E-state index contributed by atoms with van der Waals surface area (Å²) >= 11 is 0. The summed E-state index contributed by atoms with van der Waals surface area (Å²) in [6.45, 7) is 40.9. The number of esters is 1. The Balaban J connectivity index is -0.000000189. The monoisotopic (exact) mass is 1040 g/mol. The van der Waals surface area contributed by atoms with Gasteiger partial charge >= 0.3 is 5.97 Å². The molecule has 0 heterocycles. The van der Waals surface area contributed by atoms with E-state index in [0.29, 0.717) is 18.4 Å². The van der Waals surface area contributed by atoms with Crippen LogP contribution in [-0.2, 0) is 50.0 Å². The number of nitrogens with one attached hydrogen (secondary N) is 1. The molecule has 418 valence electrons. The van der Waals surface area contributed by atoms with Gasteiger partial charge in [-0.3, -0.25) is 9.52 Å². The quantitative estimate of drug-likeness (QED) is 0.0898. The van der Waals surface area contributed by atoms with Gasteiger partial charge in [0.2, 0.25) is 15.9 Å². The van der Waals surface area contributed by atoms with Crippen molar-refractivity contribution < 1.29 is 33.0 Å². The normalized spacial score (nSPS) is 14.6. The van der Waals surface area contributed by atoms with Crippen LogP contribution >= 0.6 is 0 Å². The van der Waals surface area contributed by atoms with Crippen LogP contribution in [0.3, 0.4) is 0 Å². The Bertz CT molecular complexity index is 2040. The third kappa shape index (κ3) is 35.9. The molecule has 2 saturated carbocycles. The van der Waals surface area contributed by atoms with Crippen molar-refractivity contribution in [1.29, 1.82) is 0 Å². The number of carbonyl (C=O) groups is 2. The Morgan fingerprint density at radius 3 is 1.25 bits per heavy atom. The molecule has 4 atom stereocenters. The summed E-state index contributed by atoms with van der Waals surface area (Å²) < 4.78 is 28.6. The van der Waals surface area contributed by atoms with Gasteiger partial charge in [0.15, 0.2) is 0 Å². The fourth-order valence-electron chi connectivity index (χ4n) is 6.80. The van der Waals surface area contributed by atoms with E-state index in [1.54, 1.807) is 12.2 Å². The highest BCUT2D eigenvalue weighted by Crippen LogP contribution is 2.49. The van der Waals surface area contributed by atoms with E-state index in [-0.39, 0.29) is 30.3 Å². The first kappa shape index (κ1) is 79.6. The number of aliphatic hydroxyl groups is 2. The van der Waals surface area contributed by atoms with Crippen LogP contribution < -0.4 is 4.72 Å². The zero-order valence-corrected chi connectivity index (χ0v) is 51.2. The molecule has 2 aliphatic carbocycles. The first-order valence-corrected chi connectivity index (χ1v) is 29.8. The topological polar surface area (TPSA) is 130 Å². The number of hydrogen-bond acceptors (Lipinski definition) is 7. The van der Waals surface area contributed by atoms with Crippen molar-refractivity contribution in [1.82, 2.24) is 4.72 Å². The van der Waals surface area contributed by atoms with E-state index in [2.05, 4.69) is 85.7 Å². The van der Waals surface area contributed by atoms with Crippen molar-refractivity contribution in [3.63, 3.8) is 0 Å². The van der Waals surface area contributed by atoms with Crippen LogP contribution in [-0.4, -0.2) is 57.1 Å². The van der Waals surface area contributed by atoms with Crippen LogP contribution in [0.25, 0.3) is 12.2 Å². The van der Waals surface area contributed by atoms with Crippen molar-refractivity contribution in [2.75, 3.05) is 26.6 Å². The Labute approximate surface area is 450 Å². The zero-order valence-electron chi connectivity index (χ0n) is 50.4. The minimum absolute atomic E-state index is 0.109. The number of sulfonamides is 1. The van der Waals surface area contributed by atoms with Gasteiger partial charge in [0.05, 0.1) is 20.0 Å². The third-order valence-electron chi connectivity index (χ3n) is 10.1. The fraction of sp³-hybridized carbons (Fsp3) is 0.531. The lowest BCUT2D eigenvalue weighted by Gasteiger charge is -2.07. The zero-order chi connectivity index (χ0) is 57.8. The number of rotatable bonds is 13. The SMILES string of the molecule is CC.CC.CC.CC.CC.CC.CC.CC.CCc1ccccc1/C=C/C(=O)OC.CCc1ccccc1/C=C/CO.CCc1ccccc1C1CC1C(=O)NS(C)(=O)=O.CCc1ccccc1C1CC1CO. The Hall–Kier alpha value is -4.83. The molecule has 4 aromatic carbocycles. The lowest BCUT2D eigenvalue weighted by atomic mass is 10.0. The molecule has 0 aromatic heterocycles. The second-order valence-corrected chi connectivity index (χ2v) is 15.9. The van der Waals surface area contributed by atoms with E-state index in [1.807, 2.05) is 165 Å². The molecular formula is C64H109NO7S. The average molecular weight is 1040 g/mol. The summed E-state index contributed by atoms with van der Waals surface area (Å²) in [6, 6.07) is 32.8. The van der Waals surface area contributed by atoms with E-state index >= 15 is 0 Å². The summed E-state index contributed by atoms with van der Waals surface area (Å²) in [7, 11) is -2.08. The molecule has 73 heavy (non-hydrogen) atoms. The predicted octanol–water partition coefficient (Wildman–Crippen LogP) is 16.7. The van der Waals surface area contributed by atoms with Gasteiger partial charge in [-0.15, -0.1) is 0 Å². The van der Waals surface area contributed by atoms with Gasteiger partial charge in [0, 0.05) is 18.6 Å². The molecule has 8 nitrogen and oxygen atoms in total. The summed E-state index contributed by atoms with van der Waals surface area (Å²) in [6.07, 6.45) is 13.9. The number of benzene rings is 4. The molecule has 0 saturated heterocycles. The molecule has 0 bridgehead atoms. The standard InChI is InChI=1S/C13H17NO3S.C12H14O2.C12H16O.C11H14O.8C2H6/c1-3-9-6-4-5-7-10(9)11-8-12(11)13(15)14-18(2,16)17;1-3-10-6-4-5-7-11(10)8-9-12(13)14-2;1-2-9-5-3-4-6-11(9)12-7-10(12)8-13;1-2-10-6-3-4-7-11(10)8-5-9-12;8*1-2/h4-7,11-12H,3,8H2,1-2H3,(H,14,15);4-9H,3H2,1-2H3;3-6,10,12-13H,2,7-8H2,1H3;3-8,12H,2,9H2,1H3;8*1-2H3/b;9-8+;;8-5+;;;;;;;;. The lowest BCUT2D eigenvalue weighted by Crippen LogP contribution is -2.30. The summed E-state index contributed by atoms with van der Waals surface area (Å²) in [5.41, 5.74) is 10.1. The van der Waals surface area contributed by atoms with Gasteiger partial charge in [-0.1, -0.05) is 248 Å². The minimum Gasteiger partial charge on any atom is -0.466 e. The molecule has 0 aliphatic heterocycles. The summed E-state index contributed by atoms with van der Waals surface area (Å²) in [4.78, 5) is 22.6. The van der Waals surface area contributed by atoms with Gasteiger partial charge in [0.1, 0.15) is 0 Å². The second kappa shape index (κ2) is 54.9. The van der Waals surface area contributed by atoms with Gasteiger partial charge in [-0.2, -0.15) is 0 Å². The largest absolute Gasteiger partial charge is 0.466 e. The number of ether oxygens (including phenoxy) is 1. The van der Waals surface area contributed by atoms with E-state index < -0.39 is 10.0 Å². The molecule has 6 rings (SSSR count).